The molecule has 1 aromatic rings. The summed E-state index contributed by atoms with van der Waals surface area (Å²) in [5.74, 6) is -0.0169. The van der Waals surface area contributed by atoms with Crippen molar-refractivity contribution < 1.29 is 18.7 Å². The summed E-state index contributed by atoms with van der Waals surface area (Å²) < 4.78 is 14.4. The first kappa shape index (κ1) is 8.80. The van der Waals surface area contributed by atoms with Crippen molar-refractivity contribution in [1.82, 2.24) is 0 Å². The van der Waals surface area contributed by atoms with Gasteiger partial charge in [0, 0.05) is 7.11 Å². The molecule has 0 aliphatic heterocycles. The van der Waals surface area contributed by atoms with Crippen molar-refractivity contribution in [2.75, 3.05) is 14.2 Å². The van der Waals surface area contributed by atoms with E-state index in [9.17, 15) is 4.79 Å². The van der Waals surface area contributed by atoms with E-state index in [1.807, 2.05) is 0 Å². The minimum atomic E-state index is -0.759. The number of hydrogen-bond donors (Lipinski definition) is 0. The van der Waals surface area contributed by atoms with Crippen LogP contribution in [0.15, 0.2) is 22.8 Å². The van der Waals surface area contributed by atoms with Crippen LogP contribution in [-0.4, -0.2) is 20.2 Å². The van der Waals surface area contributed by atoms with Crippen LogP contribution < -0.4 is 0 Å². The maximum Gasteiger partial charge on any atom is 0.342 e. The lowest BCUT2D eigenvalue weighted by Gasteiger charge is -2.08. The lowest BCUT2D eigenvalue weighted by molar-refractivity contribution is -0.153. The number of rotatable bonds is 3. The van der Waals surface area contributed by atoms with Gasteiger partial charge in [0.05, 0.1) is 13.4 Å². The molecular formula is C8H10O4. The predicted molar refractivity (Wildman–Crippen MR) is 40.5 cm³/mol. The summed E-state index contributed by atoms with van der Waals surface area (Å²) in [6.45, 7) is 0. The van der Waals surface area contributed by atoms with E-state index in [2.05, 4.69) is 4.74 Å². The van der Waals surface area contributed by atoms with Gasteiger partial charge in [0.2, 0.25) is 6.10 Å². The molecule has 0 saturated heterocycles. The molecule has 1 rings (SSSR count). The molecule has 66 valence electrons. The lowest BCUT2D eigenvalue weighted by atomic mass is 10.3. The van der Waals surface area contributed by atoms with Gasteiger partial charge >= 0.3 is 5.97 Å². The van der Waals surface area contributed by atoms with Crippen molar-refractivity contribution in [1.29, 1.82) is 0 Å². The van der Waals surface area contributed by atoms with E-state index in [0.717, 1.165) is 0 Å². The Morgan fingerprint density at radius 2 is 2.33 bits per heavy atom. The number of esters is 1. The molecule has 1 atom stereocenters. The van der Waals surface area contributed by atoms with E-state index >= 15 is 0 Å². The monoisotopic (exact) mass is 170 g/mol. The fourth-order valence-electron chi connectivity index (χ4n) is 0.876. The van der Waals surface area contributed by atoms with E-state index in [1.54, 1.807) is 12.1 Å². The number of carbonyl (C=O) groups excluding carboxylic acids is 1. The molecule has 0 amide bonds. The van der Waals surface area contributed by atoms with Crippen molar-refractivity contribution in [2.24, 2.45) is 0 Å². The molecule has 4 nitrogen and oxygen atoms in total. The Morgan fingerprint density at radius 3 is 2.75 bits per heavy atom. The third-order valence-corrected chi connectivity index (χ3v) is 1.45. The second-order valence-electron chi connectivity index (χ2n) is 2.15. The Bertz CT molecular complexity index is 240. The Labute approximate surface area is 70.1 Å². The molecular weight excluding hydrogens is 160 g/mol. The molecule has 0 N–H and O–H groups in total. The molecule has 0 saturated carbocycles. The second kappa shape index (κ2) is 3.92. The molecule has 1 unspecified atom stereocenters. The number of furan rings is 1. The first-order valence-electron chi connectivity index (χ1n) is 3.43. The Balaban J connectivity index is 2.76. The van der Waals surface area contributed by atoms with Crippen LogP contribution in [0.2, 0.25) is 0 Å². The van der Waals surface area contributed by atoms with Crippen molar-refractivity contribution in [3.05, 3.63) is 24.2 Å². The zero-order chi connectivity index (χ0) is 8.97. The third kappa shape index (κ3) is 1.65. The minimum absolute atomic E-state index is 0.448. The van der Waals surface area contributed by atoms with Crippen LogP contribution in [0.3, 0.4) is 0 Å². The zero-order valence-corrected chi connectivity index (χ0v) is 6.94. The summed E-state index contributed by atoms with van der Waals surface area (Å²) in [5.41, 5.74) is 0. The van der Waals surface area contributed by atoms with E-state index in [-0.39, 0.29) is 0 Å². The second-order valence-corrected chi connectivity index (χ2v) is 2.15. The maximum atomic E-state index is 11.0. The predicted octanol–water partition coefficient (Wildman–Crippen LogP) is 1.14. The highest BCUT2D eigenvalue weighted by Crippen LogP contribution is 2.17. The molecule has 1 aromatic heterocycles. The standard InChI is InChI=1S/C8H10O4/c1-10-7(8(9)11-2)6-4-3-5-12-6/h3-5,7H,1-2H3. The lowest BCUT2D eigenvalue weighted by Crippen LogP contribution is -2.15. The van der Waals surface area contributed by atoms with Gasteiger partial charge in [-0.2, -0.15) is 0 Å². The molecule has 0 aromatic carbocycles. The van der Waals surface area contributed by atoms with Gasteiger partial charge in [0.25, 0.3) is 0 Å². The smallest absolute Gasteiger partial charge is 0.342 e. The molecule has 0 radical (unpaired) electrons. The first-order chi connectivity index (χ1) is 5.79. The van der Waals surface area contributed by atoms with Gasteiger partial charge < -0.3 is 13.9 Å². The topological polar surface area (TPSA) is 48.7 Å². The van der Waals surface area contributed by atoms with E-state index < -0.39 is 12.1 Å². The van der Waals surface area contributed by atoms with Crippen molar-refractivity contribution in [2.45, 2.75) is 6.10 Å². The number of ether oxygens (including phenoxy) is 2. The van der Waals surface area contributed by atoms with Gasteiger partial charge in [0.1, 0.15) is 5.76 Å². The van der Waals surface area contributed by atoms with Gasteiger partial charge in [-0.05, 0) is 12.1 Å². The molecule has 12 heavy (non-hydrogen) atoms. The van der Waals surface area contributed by atoms with Crippen LogP contribution in [0, 0.1) is 0 Å². The SMILES string of the molecule is COC(=O)C(OC)c1ccco1. The highest BCUT2D eigenvalue weighted by Gasteiger charge is 2.22. The van der Waals surface area contributed by atoms with Gasteiger partial charge in [-0.1, -0.05) is 0 Å². The summed E-state index contributed by atoms with van der Waals surface area (Å²) in [6, 6.07) is 3.34. The molecule has 0 aliphatic carbocycles. The largest absolute Gasteiger partial charge is 0.467 e. The van der Waals surface area contributed by atoms with Crippen LogP contribution in [0.25, 0.3) is 0 Å². The van der Waals surface area contributed by atoms with Gasteiger partial charge in [0.15, 0.2) is 0 Å². The average molecular weight is 170 g/mol. The Morgan fingerprint density at radius 1 is 1.58 bits per heavy atom. The maximum absolute atomic E-state index is 11.0. The quantitative estimate of drug-likeness (QED) is 0.638. The summed E-state index contributed by atoms with van der Waals surface area (Å²) in [5, 5.41) is 0. The molecule has 4 heteroatoms. The zero-order valence-electron chi connectivity index (χ0n) is 6.94. The third-order valence-electron chi connectivity index (χ3n) is 1.45. The molecule has 0 aliphatic rings. The van der Waals surface area contributed by atoms with E-state index in [1.165, 1.54) is 20.5 Å². The van der Waals surface area contributed by atoms with E-state index in [4.69, 9.17) is 9.15 Å². The van der Waals surface area contributed by atoms with Crippen molar-refractivity contribution in [3.63, 3.8) is 0 Å². The number of methoxy groups -OCH3 is 2. The highest BCUT2D eigenvalue weighted by atomic mass is 16.6. The Hall–Kier alpha value is -1.29. The normalized spacial score (nSPS) is 12.5. The number of carbonyl (C=O) groups is 1. The molecule has 0 spiro atoms. The highest BCUT2D eigenvalue weighted by molar-refractivity contribution is 5.75. The fourth-order valence-corrected chi connectivity index (χ4v) is 0.876. The summed E-state index contributed by atoms with van der Waals surface area (Å²) in [6.07, 6.45) is 0.717. The van der Waals surface area contributed by atoms with Crippen molar-refractivity contribution in [3.8, 4) is 0 Å². The summed E-state index contributed by atoms with van der Waals surface area (Å²) in [4.78, 5) is 11.0. The van der Waals surface area contributed by atoms with Crippen LogP contribution in [-0.2, 0) is 14.3 Å². The minimum Gasteiger partial charge on any atom is -0.467 e. The summed E-state index contributed by atoms with van der Waals surface area (Å²) >= 11 is 0. The van der Waals surface area contributed by atoms with Crippen LogP contribution >= 0.6 is 0 Å². The van der Waals surface area contributed by atoms with Crippen LogP contribution in [0.4, 0.5) is 0 Å². The van der Waals surface area contributed by atoms with Gasteiger partial charge in [-0.15, -0.1) is 0 Å². The molecule has 0 bridgehead atoms. The first-order valence-corrected chi connectivity index (χ1v) is 3.43. The molecule has 1 heterocycles. The van der Waals surface area contributed by atoms with Gasteiger partial charge in [-0.25, -0.2) is 4.79 Å². The average Bonchev–Trinajstić information content (AvgIpc) is 2.58. The Kier molecular flexibility index (Phi) is 2.88. The van der Waals surface area contributed by atoms with Crippen molar-refractivity contribution >= 4 is 5.97 Å². The molecule has 0 fully saturated rings. The number of hydrogen-bond acceptors (Lipinski definition) is 4. The van der Waals surface area contributed by atoms with Crippen LogP contribution in [0.5, 0.6) is 0 Å². The van der Waals surface area contributed by atoms with E-state index in [0.29, 0.717) is 5.76 Å². The van der Waals surface area contributed by atoms with Crippen LogP contribution in [0.1, 0.15) is 11.9 Å². The fraction of sp³-hybridized carbons (Fsp3) is 0.375. The van der Waals surface area contributed by atoms with Gasteiger partial charge in [-0.3, -0.25) is 0 Å². The summed E-state index contributed by atoms with van der Waals surface area (Å²) in [7, 11) is 2.72.